The summed E-state index contributed by atoms with van der Waals surface area (Å²) < 4.78 is 71.5. The number of sulfone groups is 1. The maximum atomic E-state index is 14.0. The van der Waals surface area contributed by atoms with Gasteiger partial charge in [-0.25, -0.2) is 22.0 Å². The molecule has 1 aromatic heterocycles. The van der Waals surface area contributed by atoms with Gasteiger partial charge in [0.15, 0.2) is 5.82 Å². The van der Waals surface area contributed by atoms with Crippen molar-refractivity contribution < 1.29 is 41.0 Å². The van der Waals surface area contributed by atoms with Crippen LogP contribution < -0.4 is 10.6 Å². The predicted molar refractivity (Wildman–Crippen MR) is 179 cm³/mol. The molecule has 0 bridgehead atoms. The number of amides is 1. The molecule has 12 nitrogen and oxygen atoms in total. The molecule has 0 saturated carbocycles. The summed E-state index contributed by atoms with van der Waals surface area (Å²) >= 11 is 0. The minimum atomic E-state index is -4.43. The zero-order valence-corrected chi connectivity index (χ0v) is 28.5. The van der Waals surface area contributed by atoms with E-state index in [0.29, 0.717) is 42.7 Å². The molecule has 262 valence electrons. The van der Waals surface area contributed by atoms with Crippen molar-refractivity contribution in [3.8, 4) is 0 Å². The van der Waals surface area contributed by atoms with Crippen molar-refractivity contribution in [3.63, 3.8) is 0 Å². The number of benzene rings is 3. The Balaban J connectivity index is 1.55. The normalized spacial score (nSPS) is 14.6. The van der Waals surface area contributed by atoms with Gasteiger partial charge in [-0.15, -0.1) is 5.10 Å². The first-order valence-corrected chi connectivity index (χ1v) is 17.2. The fourth-order valence-corrected chi connectivity index (χ4v) is 6.71. The summed E-state index contributed by atoms with van der Waals surface area (Å²) in [5, 5.41) is 10.6. The molecule has 2 heterocycles. The number of anilines is 2. The second-order valence-corrected chi connectivity index (χ2v) is 14.0. The van der Waals surface area contributed by atoms with Crippen LogP contribution in [0.25, 0.3) is 10.9 Å². The van der Waals surface area contributed by atoms with Crippen molar-refractivity contribution in [2.45, 2.75) is 48.1 Å². The summed E-state index contributed by atoms with van der Waals surface area (Å²) in [4.78, 5) is 28.1. The molecule has 1 saturated heterocycles. The van der Waals surface area contributed by atoms with E-state index in [1.54, 1.807) is 6.07 Å². The second-order valence-electron chi connectivity index (χ2n) is 12.0. The molecule has 5 rings (SSSR count). The van der Waals surface area contributed by atoms with Gasteiger partial charge in [0.2, 0.25) is 9.84 Å². The Kier molecular flexibility index (Phi) is 11.3. The molecule has 1 aliphatic rings. The molecule has 1 amide bonds. The predicted octanol–water partition coefficient (Wildman–Crippen LogP) is 5.11. The van der Waals surface area contributed by atoms with E-state index in [1.807, 2.05) is 26.2 Å². The van der Waals surface area contributed by atoms with Gasteiger partial charge in [0.05, 0.1) is 27.5 Å². The summed E-state index contributed by atoms with van der Waals surface area (Å²) in [5.41, 5.74) is 2.05. The molecular formula is C34H39F2N5O7S. The number of carbonyl (C=O) groups is 2. The Morgan fingerprint density at radius 2 is 1.73 bits per heavy atom. The average molecular weight is 700 g/mol. The number of nitrogens with one attached hydrogen (secondary N) is 2. The van der Waals surface area contributed by atoms with Crippen molar-refractivity contribution in [1.29, 1.82) is 0 Å². The summed E-state index contributed by atoms with van der Waals surface area (Å²) in [5.74, 6) is -2.83. The Hall–Kier alpha value is -4.44. The van der Waals surface area contributed by atoms with Crippen molar-refractivity contribution >= 4 is 44.2 Å². The van der Waals surface area contributed by atoms with Gasteiger partial charge in [-0.2, -0.15) is 4.68 Å². The van der Waals surface area contributed by atoms with E-state index in [0.717, 1.165) is 29.5 Å². The Morgan fingerprint density at radius 3 is 2.41 bits per heavy atom. The molecule has 1 atom stereocenters. The van der Waals surface area contributed by atoms with Gasteiger partial charge in [-0.3, -0.25) is 4.79 Å². The number of halogens is 2. The minimum Gasteiger partial charge on any atom is -0.445 e. The second kappa shape index (κ2) is 15.4. The Morgan fingerprint density at radius 1 is 1.02 bits per heavy atom. The minimum absolute atomic E-state index is 0.0733. The highest BCUT2D eigenvalue weighted by atomic mass is 32.2. The molecule has 3 aromatic carbocycles. The number of hydrogen-bond acceptors (Lipinski definition) is 10. The van der Waals surface area contributed by atoms with Gasteiger partial charge in [0, 0.05) is 49.5 Å². The van der Waals surface area contributed by atoms with E-state index in [4.69, 9.17) is 14.2 Å². The van der Waals surface area contributed by atoms with Crippen LogP contribution in [0.15, 0.2) is 64.4 Å². The van der Waals surface area contributed by atoms with Crippen LogP contribution in [0.2, 0.25) is 0 Å². The number of aromatic nitrogens is 2. The molecule has 0 spiro atoms. The van der Waals surface area contributed by atoms with Crippen LogP contribution in [-0.4, -0.2) is 94.8 Å². The molecule has 0 aliphatic carbocycles. The molecule has 49 heavy (non-hydrogen) atoms. The number of likely N-dealkylation sites (N-methyl/N-ethyl adjacent to an activating group) is 1. The number of carbonyl (C=O) groups excluding carboxylic acids is 2. The third-order valence-electron chi connectivity index (χ3n) is 8.35. The molecule has 1 aliphatic heterocycles. The zero-order chi connectivity index (χ0) is 35.3. The SMILES string of the molecule is COCCOC(=O)n1nc(NC(=O)c2ccc(CC(C)N(C)C)cc2NC2CCOCC2)c2cc(S(=O)(=O)c3cc(F)cc(F)c3)ccc21. The maximum absolute atomic E-state index is 14.0. The first-order valence-electron chi connectivity index (χ1n) is 15.7. The van der Waals surface area contributed by atoms with Crippen LogP contribution in [0.3, 0.4) is 0 Å². The van der Waals surface area contributed by atoms with Crippen LogP contribution in [0.1, 0.15) is 35.7 Å². The third-order valence-corrected chi connectivity index (χ3v) is 10.1. The standard InChI is InChI=1S/C34H39F2N5O7S/c1-21(40(2)3)15-22-5-7-28(30(16-22)37-25-9-11-47-12-10-25)33(42)38-32-29-20-26(49(44,45)27-18-23(35)17-24(36)19-27)6-8-31(29)41(39-32)34(43)48-14-13-46-4/h5-8,16-21,25,37H,9-15H2,1-4H3,(H,38,39,42). The van der Waals surface area contributed by atoms with E-state index in [1.165, 1.54) is 25.3 Å². The molecule has 2 N–H and O–H groups in total. The fourth-order valence-electron chi connectivity index (χ4n) is 5.39. The molecule has 0 radical (unpaired) electrons. The lowest BCUT2D eigenvalue weighted by Crippen LogP contribution is -2.29. The van der Waals surface area contributed by atoms with Crippen molar-refractivity contribution in [1.82, 2.24) is 14.7 Å². The number of hydrogen-bond donors (Lipinski definition) is 2. The largest absolute Gasteiger partial charge is 0.445 e. The molecule has 1 unspecified atom stereocenters. The fraction of sp³-hybridized carbons (Fsp3) is 0.382. The first-order chi connectivity index (χ1) is 23.4. The van der Waals surface area contributed by atoms with Crippen LogP contribution in [0.4, 0.5) is 25.1 Å². The molecule has 15 heteroatoms. The van der Waals surface area contributed by atoms with E-state index in [2.05, 4.69) is 27.6 Å². The highest BCUT2D eigenvalue weighted by molar-refractivity contribution is 7.91. The lowest BCUT2D eigenvalue weighted by Gasteiger charge is -2.26. The van der Waals surface area contributed by atoms with Gasteiger partial charge in [0.25, 0.3) is 5.91 Å². The van der Waals surface area contributed by atoms with Gasteiger partial charge in [-0.1, -0.05) is 6.07 Å². The van der Waals surface area contributed by atoms with Gasteiger partial charge in [-0.05, 0) is 88.3 Å². The smallest absolute Gasteiger partial charge is 0.435 e. The summed E-state index contributed by atoms with van der Waals surface area (Å²) in [6.07, 6.45) is 1.36. The number of methoxy groups -OCH3 is 1. The molecule has 4 aromatic rings. The Bertz CT molecular complexity index is 1920. The van der Waals surface area contributed by atoms with Gasteiger partial charge < -0.3 is 29.7 Å². The van der Waals surface area contributed by atoms with Gasteiger partial charge in [0.1, 0.15) is 18.2 Å². The first kappa shape index (κ1) is 35.9. The molecule has 1 fully saturated rings. The van der Waals surface area contributed by atoms with Crippen LogP contribution in [-0.2, 0) is 30.5 Å². The highest BCUT2D eigenvalue weighted by Gasteiger charge is 2.26. The van der Waals surface area contributed by atoms with E-state index >= 15 is 0 Å². The zero-order valence-electron chi connectivity index (χ0n) is 27.7. The van der Waals surface area contributed by atoms with Crippen LogP contribution in [0.5, 0.6) is 0 Å². The van der Waals surface area contributed by atoms with Crippen LogP contribution >= 0.6 is 0 Å². The number of nitrogens with zero attached hydrogens (tertiary/aromatic N) is 3. The number of ether oxygens (including phenoxy) is 3. The monoisotopic (exact) mass is 699 g/mol. The summed E-state index contributed by atoms with van der Waals surface area (Å²) in [6, 6.07) is 11.5. The lowest BCUT2D eigenvalue weighted by molar-refractivity contribution is 0.0904. The maximum Gasteiger partial charge on any atom is 0.435 e. The average Bonchev–Trinajstić information content (AvgIpc) is 3.42. The van der Waals surface area contributed by atoms with Crippen molar-refractivity contribution in [2.24, 2.45) is 0 Å². The van der Waals surface area contributed by atoms with Gasteiger partial charge >= 0.3 is 6.09 Å². The van der Waals surface area contributed by atoms with E-state index < -0.39 is 38.4 Å². The topological polar surface area (TPSA) is 141 Å². The number of rotatable bonds is 12. The van der Waals surface area contributed by atoms with Crippen molar-refractivity contribution in [3.05, 3.63) is 77.4 Å². The van der Waals surface area contributed by atoms with E-state index in [-0.39, 0.29) is 46.9 Å². The number of fused-ring (bicyclic) bond motifs is 1. The molecular weight excluding hydrogens is 660 g/mol. The van der Waals surface area contributed by atoms with E-state index in [9.17, 15) is 26.8 Å². The summed E-state index contributed by atoms with van der Waals surface area (Å²) in [7, 11) is 1.01. The van der Waals surface area contributed by atoms with Crippen LogP contribution in [0, 0.1) is 11.6 Å². The van der Waals surface area contributed by atoms with Crippen molar-refractivity contribution in [2.75, 3.05) is 58.3 Å². The lowest BCUT2D eigenvalue weighted by atomic mass is 10.0. The quantitative estimate of drug-likeness (QED) is 0.192. The highest BCUT2D eigenvalue weighted by Crippen LogP contribution is 2.31. The third kappa shape index (κ3) is 8.41. The summed E-state index contributed by atoms with van der Waals surface area (Å²) in [6.45, 7) is 3.32. The Labute approximate surface area is 283 Å².